The van der Waals surface area contributed by atoms with Crippen molar-refractivity contribution >= 4 is 23.7 Å². The van der Waals surface area contributed by atoms with Crippen LogP contribution in [0.1, 0.15) is 5.56 Å². The van der Waals surface area contributed by atoms with Crippen molar-refractivity contribution in [1.82, 2.24) is 0 Å². The summed E-state index contributed by atoms with van der Waals surface area (Å²) in [7, 11) is 1.64. The van der Waals surface area contributed by atoms with Gasteiger partial charge >= 0.3 is 0 Å². The van der Waals surface area contributed by atoms with E-state index in [1.54, 1.807) is 13.2 Å². The molecule has 1 aliphatic heterocycles. The Hall–Kier alpha value is -1.91. The minimum absolute atomic E-state index is 0.666. The summed E-state index contributed by atoms with van der Waals surface area (Å²) in [5.41, 5.74) is 2.05. The number of aliphatic hydroxyl groups excluding tert-OH is 1. The molecule has 3 nitrogen and oxygen atoms in total. The van der Waals surface area contributed by atoms with E-state index in [-0.39, 0.29) is 0 Å². The minimum atomic E-state index is -0.666. The lowest BCUT2D eigenvalue weighted by atomic mass is 10.2. The van der Waals surface area contributed by atoms with Gasteiger partial charge in [0.15, 0.2) is 6.23 Å². The Kier molecular flexibility index (Phi) is 3.67. The van der Waals surface area contributed by atoms with E-state index in [0.29, 0.717) is 0 Å². The maximum Gasteiger partial charge on any atom is 0.156 e. The Bertz CT molecular complexity index is 625. The molecule has 0 bridgehead atoms. The summed E-state index contributed by atoms with van der Waals surface area (Å²) in [6.07, 6.45) is 3.08. The first-order valence-corrected chi connectivity index (χ1v) is 7.12. The predicted octanol–water partition coefficient (Wildman–Crippen LogP) is 3.55. The van der Waals surface area contributed by atoms with E-state index in [1.165, 1.54) is 11.9 Å². The maximum absolute atomic E-state index is 10.3. The van der Waals surface area contributed by atoms with Gasteiger partial charge in [0.25, 0.3) is 0 Å². The lowest BCUT2D eigenvalue weighted by Crippen LogP contribution is -2.26. The summed E-state index contributed by atoms with van der Waals surface area (Å²) in [6.45, 7) is 0. The summed E-state index contributed by atoms with van der Waals surface area (Å²) in [5.74, 6) is 0.805. The normalized spacial score (nSPS) is 17.5. The number of methoxy groups -OCH3 is 1. The second-order valence-electron chi connectivity index (χ2n) is 4.43. The molecule has 20 heavy (non-hydrogen) atoms. The topological polar surface area (TPSA) is 32.7 Å². The van der Waals surface area contributed by atoms with Crippen LogP contribution < -0.4 is 9.04 Å². The van der Waals surface area contributed by atoms with E-state index in [0.717, 1.165) is 21.9 Å². The molecule has 2 aromatic rings. The molecule has 4 heteroatoms. The van der Waals surface area contributed by atoms with Gasteiger partial charge in [0.05, 0.1) is 12.8 Å². The van der Waals surface area contributed by atoms with Gasteiger partial charge in [0.2, 0.25) is 0 Å². The molecule has 0 spiro atoms. The highest BCUT2D eigenvalue weighted by Crippen LogP contribution is 2.36. The lowest BCUT2D eigenvalue weighted by molar-refractivity contribution is 0.239. The molecule has 102 valence electrons. The van der Waals surface area contributed by atoms with Gasteiger partial charge in [-0.1, -0.05) is 24.3 Å². The molecule has 3 rings (SSSR count). The molecule has 0 radical (unpaired) electrons. The highest BCUT2D eigenvalue weighted by Gasteiger charge is 2.19. The molecular weight excluding hydrogens is 270 g/mol. The van der Waals surface area contributed by atoms with E-state index < -0.39 is 6.23 Å². The third kappa shape index (κ3) is 2.53. The van der Waals surface area contributed by atoms with Crippen molar-refractivity contribution in [2.75, 3.05) is 11.4 Å². The third-order valence-corrected chi connectivity index (χ3v) is 4.32. The van der Waals surface area contributed by atoms with Crippen molar-refractivity contribution < 1.29 is 9.84 Å². The molecule has 0 aliphatic carbocycles. The van der Waals surface area contributed by atoms with Crippen LogP contribution in [0.5, 0.6) is 5.75 Å². The van der Waals surface area contributed by atoms with E-state index in [1.807, 2.05) is 52.8 Å². The van der Waals surface area contributed by atoms with Crippen LogP contribution in [0.3, 0.4) is 0 Å². The number of aliphatic hydroxyl groups is 1. The van der Waals surface area contributed by atoms with Gasteiger partial charge < -0.3 is 9.84 Å². The Balaban J connectivity index is 1.94. The number of ether oxygens (including phenoxy) is 1. The largest absolute Gasteiger partial charge is 0.497 e. The van der Waals surface area contributed by atoms with Crippen LogP contribution in [0.15, 0.2) is 59.5 Å². The van der Waals surface area contributed by atoms with E-state index in [9.17, 15) is 5.11 Å². The van der Waals surface area contributed by atoms with Crippen LogP contribution in [0.2, 0.25) is 0 Å². The van der Waals surface area contributed by atoms with Crippen LogP contribution in [-0.4, -0.2) is 18.4 Å². The number of nitrogens with zero attached hydrogens (tertiary/aromatic N) is 1. The fraction of sp³-hybridized carbons (Fsp3) is 0.125. The van der Waals surface area contributed by atoms with Gasteiger partial charge in [0.1, 0.15) is 5.75 Å². The average Bonchev–Trinajstić information content (AvgIpc) is 2.67. The van der Waals surface area contributed by atoms with Crippen LogP contribution in [0, 0.1) is 0 Å². The predicted molar refractivity (Wildman–Crippen MR) is 82.8 cm³/mol. The fourth-order valence-corrected chi connectivity index (χ4v) is 3.06. The van der Waals surface area contributed by atoms with Crippen molar-refractivity contribution in [3.63, 3.8) is 0 Å². The van der Waals surface area contributed by atoms with Crippen molar-refractivity contribution in [1.29, 1.82) is 0 Å². The standard InChI is InChI=1S/C16H15NO2S/c1-19-14-9-7-13(8-10-14)17-16(18)11-6-12-4-2-3-5-15(12)20-17/h2-11,16,18H,1H3. The van der Waals surface area contributed by atoms with Crippen molar-refractivity contribution in [2.24, 2.45) is 0 Å². The van der Waals surface area contributed by atoms with Crippen molar-refractivity contribution in [3.05, 3.63) is 60.2 Å². The number of hydrogen-bond acceptors (Lipinski definition) is 4. The summed E-state index contributed by atoms with van der Waals surface area (Å²) < 4.78 is 7.04. The summed E-state index contributed by atoms with van der Waals surface area (Å²) in [4.78, 5) is 1.12. The molecule has 0 fully saturated rings. The molecule has 1 aliphatic rings. The molecule has 1 unspecified atom stereocenters. The van der Waals surface area contributed by atoms with Crippen molar-refractivity contribution in [3.8, 4) is 5.75 Å². The van der Waals surface area contributed by atoms with Crippen LogP contribution in [0.4, 0.5) is 5.69 Å². The molecule has 0 saturated heterocycles. The summed E-state index contributed by atoms with van der Waals surface area (Å²) in [6, 6.07) is 15.8. The van der Waals surface area contributed by atoms with E-state index >= 15 is 0 Å². The summed E-state index contributed by atoms with van der Waals surface area (Å²) >= 11 is 1.53. The summed E-state index contributed by atoms with van der Waals surface area (Å²) in [5, 5.41) is 10.3. The smallest absolute Gasteiger partial charge is 0.156 e. The fourth-order valence-electron chi connectivity index (χ4n) is 2.06. The van der Waals surface area contributed by atoms with Gasteiger partial charge in [-0.2, -0.15) is 0 Å². The Morgan fingerprint density at radius 2 is 1.85 bits per heavy atom. The Morgan fingerprint density at radius 3 is 2.60 bits per heavy atom. The monoisotopic (exact) mass is 285 g/mol. The van der Waals surface area contributed by atoms with Gasteiger partial charge in [-0.25, -0.2) is 0 Å². The van der Waals surface area contributed by atoms with Gasteiger partial charge in [0, 0.05) is 4.90 Å². The maximum atomic E-state index is 10.3. The molecule has 0 amide bonds. The molecule has 1 atom stereocenters. The zero-order valence-corrected chi connectivity index (χ0v) is 11.9. The quantitative estimate of drug-likeness (QED) is 0.855. The number of anilines is 1. The average molecular weight is 285 g/mol. The second kappa shape index (κ2) is 5.61. The first-order valence-electron chi connectivity index (χ1n) is 6.34. The zero-order chi connectivity index (χ0) is 13.9. The Morgan fingerprint density at radius 1 is 1.10 bits per heavy atom. The molecule has 1 N–H and O–H groups in total. The Labute approximate surface area is 122 Å². The first-order chi connectivity index (χ1) is 9.78. The molecule has 1 heterocycles. The van der Waals surface area contributed by atoms with Crippen LogP contribution in [-0.2, 0) is 0 Å². The second-order valence-corrected chi connectivity index (χ2v) is 5.44. The minimum Gasteiger partial charge on any atom is -0.497 e. The lowest BCUT2D eigenvalue weighted by Gasteiger charge is -2.25. The molecule has 2 aromatic carbocycles. The van der Waals surface area contributed by atoms with Crippen LogP contribution in [0.25, 0.3) is 6.08 Å². The molecule has 0 saturated carbocycles. The first kappa shape index (κ1) is 13.1. The zero-order valence-electron chi connectivity index (χ0n) is 11.1. The number of rotatable bonds is 2. The van der Waals surface area contributed by atoms with Gasteiger partial charge in [-0.05, 0) is 53.9 Å². The number of fused-ring (bicyclic) bond motifs is 1. The third-order valence-electron chi connectivity index (χ3n) is 3.13. The highest BCUT2D eigenvalue weighted by molar-refractivity contribution is 8.00. The number of benzene rings is 2. The highest BCUT2D eigenvalue weighted by atomic mass is 32.2. The SMILES string of the molecule is COc1ccc(N2Sc3ccccc3C=CC2O)cc1. The van der Waals surface area contributed by atoms with Crippen molar-refractivity contribution in [2.45, 2.75) is 11.1 Å². The molecular formula is C16H15NO2S. The van der Waals surface area contributed by atoms with Gasteiger partial charge in [-0.15, -0.1) is 0 Å². The van der Waals surface area contributed by atoms with Crippen LogP contribution >= 0.6 is 11.9 Å². The van der Waals surface area contributed by atoms with Gasteiger partial charge in [-0.3, -0.25) is 4.31 Å². The van der Waals surface area contributed by atoms with E-state index in [4.69, 9.17) is 4.74 Å². The number of hydrogen-bond donors (Lipinski definition) is 1. The molecule has 0 aromatic heterocycles. The van der Waals surface area contributed by atoms with E-state index in [2.05, 4.69) is 6.07 Å².